The molecule has 9 nitrogen and oxygen atoms in total. The van der Waals surface area contributed by atoms with Gasteiger partial charge in [-0.1, -0.05) is 35.5 Å². The monoisotopic (exact) mass is 494 g/mol. The summed E-state index contributed by atoms with van der Waals surface area (Å²) >= 11 is 7.57. The lowest BCUT2D eigenvalue weighted by Crippen LogP contribution is -2.15. The molecule has 0 saturated heterocycles. The van der Waals surface area contributed by atoms with Gasteiger partial charge in [0.1, 0.15) is 0 Å². The minimum absolute atomic E-state index is 0.0240. The molecule has 1 amide bonds. The number of thioether (sulfide) groups is 1. The number of hydrogen-bond acceptors (Lipinski definition) is 7. The lowest BCUT2D eigenvalue weighted by Gasteiger charge is -2.14. The molecule has 11 heteroatoms. The number of amides is 1. The highest BCUT2D eigenvalue weighted by Crippen LogP contribution is 2.31. The average Bonchev–Trinajstić information content (AvgIpc) is 3.25. The van der Waals surface area contributed by atoms with Gasteiger partial charge in [-0.15, -0.1) is 10.2 Å². The zero-order chi connectivity index (χ0) is 24.2. The quantitative estimate of drug-likeness (QED) is 0.212. The maximum absolute atomic E-state index is 12.7. The Kier molecular flexibility index (Phi) is 6.90. The predicted octanol–water partition coefficient (Wildman–Crippen LogP) is 5.24. The fraction of sp³-hybridized carbons (Fsp3) is 0.130. The Bertz CT molecular complexity index is 1380. The lowest BCUT2D eigenvalue weighted by atomic mass is 10.2. The molecule has 2 heterocycles. The van der Waals surface area contributed by atoms with Crippen molar-refractivity contribution in [2.24, 2.45) is 0 Å². The minimum Gasteiger partial charge on any atom is -0.325 e. The predicted molar refractivity (Wildman–Crippen MR) is 132 cm³/mol. The summed E-state index contributed by atoms with van der Waals surface area (Å²) in [6, 6.07) is 13.5. The van der Waals surface area contributed by atoms with Gasteiger partial charge in [-0.05, 0) is 49.2 Å². The third-order valence-electron chi connectivity index (χ3n) is 5.09. The van der Waals surface area contributed by atoms with Crippen LogP contribution in [0.1, 0.15) is 11.1 Å². The molecule has 0 bridgehead atoms. The highest BCUT2D eigenvalue weighted by Gasteiger charge is 2.20. The van der Waals surface area contributed by atoms with E-state index in [0.29, 0.717) is 21.7 Å². The van der Waals surface area contributed by atoms with E-state index in [1.807, 2.05) is 35.8 Å². The third-order valence-corrected chi connectivity index (χ3v) is 6.43. The van der Waals surface area contributed by atoms with Gasteiger partial charge in [-0.2, -0.15) is 0 Å². The number of nitro groups is 1. The van der Waals surface area contributed by atoms with Crippen molar-refractivity contribution < 1.29 is 9.72 Å². The van der Waals surface area contributed by atoms with Crippen molar-refractivity contribution in [2.45, 2.75) is 19.0 Å². The van der Waals surface area contributed by atoms with E-state index >= 15 is 0 Å². The smallest absolute Gasteiger partial charge is 0.271 e. The molecule has 4 rings (SSSR count). The van der Waals surface area contributed by atoms with Crippen molar-refractivity contribution in [3.8, 4) is 17.1 Å². The van der Waals surface area contributed by atoms with Gasteiger partial charge in [-0.3, -0.25) is 24.5 Å². The lowest BCUT2D eigenvalue weighted by molar-refractivity contribution is -0.384. The van der Waals surface area contributed by atoms with Gasteiger partial charge in [-0.25, -0.2) is 0 Å². The Morgan fingerprint density at radius 1 is 1.15 bits per heavy atom. The summed E-state index contributed by atoms with van der Waals surface area (Å²) in [7, 11) is 0. The number of non-ortho nitro benzene ring substituents is 1. The summed E-state index contributed by atoms with van der Waals surface area (Å²) in [5.74, 6) is 0.289. The first kappa shape index (κ1) is 23.4. The highest BCUT2D eigenvalue weighted by atomic mass is 35.5. The molecule has 2 aromatic carbocycles. The van der Waals surface area contributed by atoms with Crippen LogP contribution in [-0.4, -0.2) is 36.3 Å². The number of anilines is 1. The second-order valence-electron chi connectivity index (χ2n) is 7.35. The third kappa shape index (κ3) is 4.92. The average molecular weight is 495 g/mol. The number of hydrogen-bond donors (Lipinski definition) is 1. The number of nitro benzene ring substituents is 1. The maximum atomic E-state index is 12.7. The summed E-state index contributed by atoms with van der Waals surface area (Å²) in [6.45, 7) is 3.67. The van der Waals surface area contributed by atoms with E-state index in [1.54, 1.807) is 31.5 Å². The summed E-state index contributed by atoms with van der Waals surface area (Å²) in [6.07, 6.45) is 3.33. The SMILES string of the molecule is Cc1ccc([N+](=O)[O-])cc1NC(=O)CSc1nnc(-c2ccncc2)n1-c1cccc(Cl)c1C. The molecular weight excluding hydrogens is 476 g/mol. The van der Waals surface area contributed by atoms with Crippen molar-refractivity contribution in [1.29, 1.82) is 0 Å². The first-order valence-corrected chi connectivity index (χ1v) is 11.5. The van der Waals surface area contributed by atoms with Crippen LogP contribution < -0.4 is 5.32 Å². The number of aryl methyl sites for hydroxylation is 1. The van der Waals surface area contributed by atoms with E-state index in [1.165, 1.54) is 23.9 Å². The number of pyridine rings is 1. The largest absolute Gasteiger partial charge is 0.325 e. The van der Waals surface area contributed by atoms with Crippen LogP contribution in [0.25, 0.3) is 17.1 Å². The molecule has 172 valence electrons. The van der Waals surface area contributed by atoms with Crippen LogP contribution in [0.5, 0.6) is 0 Å². The van der Waals surface area contributed by atoms with Gasteiger partial charge in [0.15, 0.2) is 11.0 Å². The Hall–Kier alpha value is -3.76. The van der Waals surface area contributed by atoms with Crippen LogP contribution in [-0.2, 0) is 4.79 Å². The van der Waals surface area contributed by atoms with Crippen molar-refractivity contribution >= 4 is 40.6 Å². The summed E-state index contributed by atoms with van der Waals surface area (Å²) in [5, 5.41) is 23.6. The molecule has 0 atom stereocenters. The molecule has 4 aromatic rings. The Labute approximate surface area is 204 Å². The molecule has 0 aliphatic rings. The van der Waals surface area contributed by atoms with E-state index in [9.17, 15) is 14.9 Å². The zero-order valence-corrected chi connectivity index (χ0v) is 19.8. The number of carbonyl (C=O) groups excluding carboxylic acids is 1. The molecule has 0 unspecified atom stereocenters. The van der Waals surface area contributed by atoms with Crippen LogP contribution in [0.2, 0.25) is 5.02 Å². The first-order valence-electron chi connectivity index (χ1n) is 10.1. The summed E-state index contributed by atoms with van der Waals surface area (Å²) in [5.41, 5.74) is 3.47. The van der Waals surface area contributed by atoms with Crippen molar-refractivity contribution in [2.75, 3.05) is 11.1 Å². The van der Waals surface area contributed by atoms with Gasteiger partial charge in [0.25, 0.3) is 5.69 Å². The zero-order valence-electron chi connectivity index (χ0n) is 18.2. The molecule has 0 aliphatic carbocycles. The van der Waals surface area contributed by atoms with Crippen LogP contribution in [0.3, 0.4) is 0 Å². The van der Waals surface area contributed by atoms with Crippen LogP contribution >= 0.6 is 23.4 Å². The van der Waals surface area contributed by atoms with E-state index in [4.69, 9.17) is 11.6 Å². The molecule has 34 heavy (non-hydrogen) atoms. The Morgan fingerprint density at radius 3 is 2.65 bits per heavy atom. The number of aromatic nitrogens is 4. The fourth-order valence-electron chi connectivity index (χ4n) is 3.28. The van der Waals surface area contributed by atoms with E-state index in [0.717, 1.165) is 22.4 Å². The van der Waals surface area contributed by atoms with Gasteiger partial charge in [0.2, 0.25) is 5.91 Å². The molecule has 2 aromatic heterocycles. The molecule has 0 radical (unpaired) electrons. The number of nitrogens with zero attached hydrogens (tertiary/aromatic N) is 5. The number of carbonyl (C=O) groups is 1. The fourth-order valence-corrected chi connectivity index (χ4v) is 4.20. The first-order chi connectivity index (χ1) is 16.3. The van der Waals surface area contributed by atoms with Crippen LogP contribution in [0.15, 0.2) is 66.1 Å². The Morgan fingerprint density at radius 2 is 1.91 bits per heavy atom. The summed E-state index contributed by atoms with van der Waals surface area (Å²) in [4.78, 5) is 27.3. The normalized spacial score (nSPS) is 10.8. The topological polar surface area (TPSA) is 116 Å². The van der Waals surface area contributed by atoms with Crippen molar-refractivity contribution in [3.63, 3.8) is 0 Å². The minimum atomic E-state index is -0.500. The van der Waals surface area contributed by atoms with Gasteiger partial charge in [0.05, 0.1) is 22.1 Å². The molecule has 1 N–H and O–H groups in total. The second-order valence-corrected chi connectivity index (χ2v) is 8.70. The number of rotatable bonds is 7. The van der Waals surface area contributed by atoms with Crippen molar-refractivity contribution in [1.82, 2.24) is 19.7 Å². The maximum Gasteiger partial charge on any atom is 0.271 e. The molecule has 0 saturated carbocycles. The number of halogens is 1. The van der Waals surface area contributed by atoms with Crippen LogP contribution in [0.4, 0.5) is 11.4 Å². The van der Waals surface area contributed by atoms with E-state index in [-0.39, 0.29) is 17.3 Å². The standard InChI is InChI=1S/C23H19ClN6O3S/c1-14-6-7-17(30(32)33)12-19(14)26-21(31)13-34-23-28-27-22(16-8-10-25-11-9-16)29(23)20-5-3-4-18(24)15(20)2/h3-12H,13H2,1-2H3,(H,26,31). The molecule has 0 fully saturated rings. The van der Waals surface area contributed by atoms with E-state index < -0.39 is 4.92 Å². The Balaban J connectivity index is 1.62. The van der Waals surface area contributed by atoms with Crippen LogP contribution in [0, 0.1) is 24.0 Å². The van der Waals surface area contributed by atoms with Gasteiger partial charge >= 0.3 is 0 Å². The van der Waals surface area contributed by atoms with E-state index in [2.05, 4.69) is 20.5 Å². The molecular formula is C23H19ClN6O3S. The highest BCUT2D eigenvalue weighted by molar-refractivity contribution is 7.99. The summed E-state index contributed by atoms with van der Waals surface area (Å²) < 4.78 is 1.85. The molecule has 0 spiro atoms. The number of benzene rings is 2. The second kappa shape index (κ2) is 10.0. The van der Waals surface area contributed by atoms with Gasteiger partial charge in [0, 0.05) is 35.1 Å². The molecule has 0 aliphatic heterocycles. The number of nitrogens with one attached hydrogen (secondary N) is 1. The van der Waals surface area contributed by atoms with Crippen molar-refractivity contribution in [3.05, 3.63) is 87.2 Å². The van der Waals surface area contributed by atoms with Gasteiger partial charge < -0.3 is 5.32 Å².